The second kappa shape index (κ2) is 6.34. The van der Waals surface area contributed by atoms with Crippen molar-refractivity contribution in [1.29, 1.82) is 0 Å². The van der Waals surface area contributed by atoms with E-state index in [1.54, 1.807) is 36.6 Å². The van der Waals surface area contributed by atoms with Gasteiger partial charge in [-0.25, -0.2) is 0 Å². The predicted molar refractivity (Wildman–Crippen MR) is 59.7 cm³/mol. The summed E-state index contributed by atoms with van der Waals surface area (Å²) in [5.41, 5.74) is 0.723. The van der Waals surface area contributed by atoms with Gasteiger partial charge in [-0.2, -0.15) is 13.2 Å². The summed E-state index contributed by atoms with van der Waals surface area (Å²) >= 11 is 0. The number of amides is 1. The second-order valence-corrected chi connectivity index (χ2v) is 3.75. The molecular weight excluding hydrogens is 247 g/mol. The summed E-state index contributed by atoms with van der Waals surface area (Å²) in [5, 5.41) is 4.58. The lowest BCUT2D eigenvalue weighted by atomic mass is 10.2. The van der Waals surface area contributed by atoms with Gasteiger partial charge in [-0.15, -0.1) is 0 Å². The van der Waals surface area contributed by atoms with Crippen LogP contribution in [-0.4, -0.2) is 30.2 Å². The van der Waals surface area contributed by atoms with Gasteiger partial charge in [-0.3, -0.25) is 9.78 Å². The topological polar surface area (TPSA) is 54.0 Å². The fourth-order valence-corrected chi connectivity index (χ4v) is 1.24. The van der Waals surface area contributed by atoms with Crippen LogP contribution in [0.4, 0.5) is 13.2 Å². The van der Waals surface area contributed by atoms with Crippen LogP contribution in [0, 0.1) is 0 Å². The number of aromatic nitrogens is 1. The molecule has 0 aliphatic rings. The number of carbonyl (C=O) groups is 1. The number of nitrogens with zero attached hydrogens (tertiary/aromatic N) is 1. The summed E-state index contributed by atoms with van der Waals surface area (Å²) in [7, 11) is 0. The minimum Gasteiger partial charge on any atom is -0.346 e. The molecule has 18 heavy (non-hydrogen) atoms. The fourth-order valence-electron chi connectivity index (χ4n) is 1.24. The van der Waals surface area contributed by atoms with Crippen molar-refractivity contribution >= 4 is 5.91 Å². The van der Waals surface area contributed by atoms with E-state index in [1.165, 1.54) is 0 Å². The predicted octanol–water partition coefficient (Wildman–Crippen LogP) is 1.41. The van der Waals surface area contributed by atoms with Gasteiger partial charge in [0.1, 0.15) is 6.54 Å². The van der Waals surface area contributed by atoms with Crippen LogP contribution in [0.3, 0.4) is 0 Å². The summed E-state index contributed by atoms with van der Waals surface area (Å²) in [6.07, 6.45) is -2.78. The first-order valence-corrected chi connectivity index (χ1v) is 5.36. The van der Waals surface area contributed by atoms with Crippen LogP contribution in [0.2, 0.25) is 0 Å². The van der Waals surface area contributed by atoms with Crippen LogP contribution in [0.25, 0.3) is 0 Å². The Bertz CT molecular complexity index is 381. The number of halogens is 3. The summed E-state index contributed by atoms with van der Waals surface area (Å²) in [5.74, 6) is -0.699. The van der Waals surface area contributed by atoms with E-state index in [4.69, 9.17) is 0 Å². The lowest BCUT2D eigenvalue weighted by Crippen LogP contribution is -2.39. The quantitative estimate of drug-likeness (QED) is 0.842. The van der Waals surface area contributed by atoms with Crippen LogP contribution >= 0.6 is 0 Å². The van der Waals surface area contributed by atoms with E-state index in [2.05, 4.69) is 10.3 Å². The monoisotopic (exact) mass is 261 g/mol. The van der Waals surface area contributed by atoms with Gasteiger partial charge in [0.2, 0.25) is 5.91 Å². The average Bonchev–Trinajstić information content (AvgIpc) is 2.33. The number of alkyl halides is 3. The molecule has 0 spiro atoms. The van der Waals surface area contributed by atoms with E-state index in [-0.39, 0.29) is 12.6 Å². The molecule has 0 fully saturated rings. The lowest BCUT2D eigenvalue weighted by Gasteiger charge is -2.13. The van der Waals surface area contributed by atoms with Crippen molar-refractivity contribution in [3.8, 4) is 0 Å². The van der Waals surface area contributed by atoms with Gasteiger partial charge in [0.25, 0.3) is 0 Å². The number of nitrogens with one attached hydrogen (secondary N) is 2. The molecular formula is C11H14F3N3O. The third-order valence-corrected chi connectivity index (χ3v) is 2.19. The van der Waals surface area contributed by atoms with Gasteiger partial charge in [0.15, 0.2) is 0 Å². The van der Waals surface area contributed by atoms with Crippen molar-refractivity contribution in [3.05, 3.63) is 30.1 Å². The van der Waals surface area contributed by atoms with E-state index in [9.17, 15) is 18.0 Å². The Balaban J connectivity index is 2.31. The molecule has 1 atom stereocenters. The Morgan fingerprint density at radius 3 is 2.72 bits per heavy atom. The molecule has 1 amide bonds. The Morgan fingerprint density at radius 1 is 1.44 bits per heavy atom. The SMILES string of the molecule is CC(NCC(=O)NCC(F)(F)F)c1ccccn1. The van der Waals surface area contributed by atoms with Gasteiger partial charge < -0.3 is 10.6 Å². The van der Waals surface area contributed by atoms with E-state index >= 15 is 0 Å². The highest BCUT2D eigenvalue weighted by atomic mass is 19.4. The Kier molecular flexibility index (Phi) is 5.08. The van der Waals surface area contributed by atoms with Crippen LogP contribution in [0.15, 0.2) is 24.4 Å². The van der Waals surface area contributed by atoms with Crippen LogP contribution in [-0.2, 0) is 4.79 Å². The normalized spacial score (nSPS) is 13.1. The molecule has 1 heterocycles. The van der Waals surface area contributed by atoms with Crippen molar-refractivity contribution in [2.75, 3.05) is 13.1 Å². The standard InChI is InChI=1S/C11H14F3N3O/c1-8(9-4-2-3-5-15-9)16-6-10(18)17-7-11(12,13)14/h2-5,8,16H,6-7H2,1H3,(H,17,18). The average molecular weight is 261 g/mol. The largest absolute Gasteiger partial charge is 0.405 e. The molecule has 0 aromatic carbocycles. The molecule has 0 bridgehead atoms. The smallest absolute Gasteiger partial charge is 0.346 e. The van der Waals surface area contributed by atoms with Crippen molar-refractivity contribution in [3.63, 3.8) is 0 Å². The highest BCUT2D eigenvalue weighted by molar-refractivity contribution is 5.78. The van der Waals surface area contributed by atoms with Gasteiger partial charge in [0, 0.05) is 12.2 Å². The Morgan fingerprint density at radius 2 is 2.17 bits per heavy atom. The van der Waals surface area contributed by atoms with Gasteiger partial charge in [-0.1, -0.05) is 6.07 Å². The van der Waals surface area contributed by atoms with Crippen molar-refractivity contribution in [2.45, 2.75) is 19.1 Å². The zero-order valence-electron chi connectivity index (χ0n) is 9.79. The fraction of sp³-hybridized carbons (Fsp3) is 0.455. The number of hydrogen-bond acceptors (Lipinski definition) is 3. The zero-order chi connectivity index (χ0) is 13.6. The third-order valence-electron chi connectivity index (χ3n) is 2.19. The molecule has 2 N–H and O–H groups in total. The maximum atomic E-state index is 11.8. The molecule has 4 nitrogen and oxygen atoms in total. The number of rotatable bonds is 5. The van der Waals surface area contributed by atoms with Gasteiger partial charge >= 0.3 is 6.18 Å². The first-order chi connectivity index (χ1) is 8.38. The molecule has 7 heteroatoms. The number of carbonyl (C=O) groups excluding carboxylic acids is 1. The van der Waals surface area contributed by atoms with E-state index in [0.29, 0.717) is 0 Å². The summed E-state index contributed by atoms with van der Waals surface area (Å²) < 4.78 is 35.5. The second-order valence-electron chi connectivity index (χ2n) is 3.75. The first-order valence-electron chi connectivity index (χ1n) is 5.36. The molecule has 1 rings (SSSR count). The van der Waals surface area contributed by atoms with Crippen molar-refractivity contribution in [2.24, 2.45) is 0 Å². The third kappa shape index (κ3) is 5.62. The summed E-state index contributed by atoms with van der Waals surface area (Å²) in [6.45, 7) is 0.276. The van der Waals surface area contributed by atoms with Gasteiger partial charge in [-0.05, 0) is 19.1 Å². The van der Waals surface area contributed by atoms with Crippen LogP contribution < -0.4 is 10.6 Å². The highest BCUT2D eigenvalue weighted by Gasteiger charge is 2.27. The molecule has 0 saturated carbocycles. The molecule has 0 radical (unpaired) electrons. The van der Waals surface area contributed by atoms with E-state index in [0.717, 1.165) is 5.69 Å². The molecule has 1 aromatic rings. The minimum atomic E-state index is -4.39. The highest BCUT2D eigenvalue weighted by Crippen LogP contribution is 2.12. The maximum absolute atomic E-state index is 11.8. The maximum Gasteiger partial charge on any atom is 0.405 e. The van der Waals surface area contributed by atoms with E-state index < -0.39 is 18.6 Å². The summed E-state index contributed by atoms with van der Waals surface area (Å²) in [6, 6.07) is 5.12. The van der Waals surface area contributed by atoms with Gasteiger partial charge in [0.05, 0.1) is 12.2 Å². The number of pyridine rings is 1. The molecule has 100 valence electrons. The van der Waals surface area contributed by atoms with Crippen LogP contribution in [0.1, 0.15) is 18.7 Å². The molecule has 1 aromatic heterocycles. The molecule has 0 aliphatic carbocycles. The molecule has 0 saturated heterocycles. The first kappa shape index (κ1) is 14.4. The molecule has 0 aliphatic heterocycles. The Hall–Kier alpha value is -1.63. The Labute approximate surface area is 103 Å². The number of hydrogen-bond donors (Lipinski definition) is 2. The minimum absolute atomic E-state index is 0.187. The summed E-state index contributed by atoms with van der Waals surface area (Å²) in [4.78, 5) is 15.2. The van der Waals surface area contributed by atoms with Crippen LogP contribution in [0.5, 0.6) is 0 Å². The van der Waals surface area contributed by atoms with E-state index in [1.807, 2.05) is 0 Å². The van der Waals surface area contributed by atoms with Crippen molar-refractivity contribution < 1.29 is 18.0 Å². The lowest BCUT2D eigenvalue weighted by molar-refractivity contribution is -0.137. The van der Waals surface area contributed by atoms with Crippen molar-refractivity contribution in [1.82, 2.24) is 15.6 Å². The molecule has 1 unspecified atom stereocenters. The zero-order valence-corrected chi connectivity index (χ0v) is 9.79.